The van der Waals surface area contributed by atoms with Crippen molar-refractivity contribution in [3.05, 3.63) is 0 Å². The van der Waals surface area contributed by atoms with E-state index in [2.05, 4.69) is 24.1 Å². The third-order valence-corrected chi connectivity index (χ3v) is 4.95. The second-order valence-electron chi connectivity index (χ2n) is 7.00. The van der Waals surface area contributed by atoms with Gasteiger partial charge in [0.1, 0.15) is 0 Å². The Labute approximate surface area is 125 Å². The SMILES string of the molecule is CC(C)CCOCCN1CCNCC1C1CCCCC1. The minimum absolute atomic E-state index is 0.754. The smallest absolute Gasteiger partial charge is 0.0593 e. The van der Waals surface area contributed by atoms with Crippen molar-refractivity contribution < 1.29 is 4.74 Å². The highest BCUT2D eigenvalue weighted by Gasteiger charge is 2.30. The first kappa shape index (κ1) is 16.3. The quantitative estimate of drug-likeness (QED) is 0.727. The largest absolute Gasteiger partial charge is 0.380 e. The Balaban J connectivity index is 1.69. The lowest BCUT2D eigenvalue weighted by Gasteiger charge is -2.42. The van der Waals surface area contributed by atoms with E-state index in [1.807, 2.05) is 0 Å². The average molecular weight is 282 g/mol. The van der Waals surface area contributed by atoms with Gasteiger partial charge in [0, 0.05) is 38.8 Å². The molecule has 1 aliphatic carbocycles. The second kappa shape index (κ2) is 9.01. The van der Waals surface area contributed by atoms with Crippen LogP contribution in [0.25, 0.3) is 0 Å². The standard InChI is InChI=1S/C17H34N2O/c1-15(2)8-12-20-13-11-19-10-9-18-14-17(19)16-6-4-3-5-7-16/h15-18H,3-14H2,1-2H3. The molecule has 0 aromatic carbocycles. The van der Waals surface area contributed by atoms with E-state index >= 15 is 0 Å². The maximum atomic E-state index is 5.82. The van der Waals surface area contributed by atoms with Crippen LogP contribution in [-0.2, 0) is 4.74 Å². The van der Waals surface area contributed by atoms with Crippen molar-refractivity contribution in [2.75, 3.05) is 39.4 Å². The molecule has 0 radical (unpaired) electrons. The summed E-state index contributed by atoms with van der Waals surface area (Å²) in [5.74, 6) is 1.68. The van der Waals surface area contributed by atoms with Crippen molar-refractivity contribution in [1.29, 1.82) is 0 Å². The summed E-state index contributed by atoms with van der Waals surface area (Å²) in [5, 5.41) is 3.60. The van der Waals surface area contributed by atoms with E-state index in [1.165, 1.54) is 51.6 Å². The van der Waals surface area contributed by atoms with Gasteiger partial charge in [0.15, 0.2) is 0 Å². The van der Waals surface area contributed by atoms with Gasteiger partial charge in [-0.1, -0.05) is 33.1 Å². The van der Waals surface area contributed by atoms with Crippen LogP contribution in [0, 0.1) is 11.8 Å². The van der Waals surface area contributed by atoms with E-state index in [0.717, 1.165) is 44.2 Å². The van der Waals surface area contributed by atoms with Gasteiger partial charge in [0.2, 0.25) is 0 Å². The van der Waals surface area contributed by atoms with Crippen molar-refractivity contribution in [3.63, 3.8) is 0 Å². The highest BCUT2D eigenvalue weighted by Crippen LogP contribution is 2.29. The molecule has 0 aromatic heterocycles. The molecule has 1 atom stereocenters. The molecular formula is C17H34N2O. The van der Waals surface area contributed by atoms with Crippen LogP contribution in [0.1, 0.15) is 52.4 Å². The summed E-state index contributed by atoms with van der Waals surface area (Å²) in [6.45, 7) is 11.0. The zero-order valence-electron chi connectivity index (χ0n) is 13.6. The normalized spacial score (nSPS) is 26.2. The maximum absolute atomic E-state index is 5.82. The summed E-state index contributed by atoms with van der Waals surface area (Å²) in [5.41, 5.74) is 0. The van der Waals surface area contributed by atoms with E-state index in [4.69, 9.17) is 4.74 Å². The predicted molar refractivity (Wildman–Crippen MR) is 85.1 cm³/mol. The molecule has 0 aromatic rings. The predicted octanol–water partition coefficient (Wildman–Crippen LogP) is 2.90. The van der Waals surface area contributed by atoms with Crippen LogP contribution >= 0.6 is 0 Å². The van der Waals surface area contributed by atoms with E-state index in [9.17, 15) is 0 Å². The van der Waals surface area contributed by atoms with Crippen LogP contribution in [0.4, 0.5) is 0 Å². The number of ether oxygens (including phenoxy) is 1. The van der Waals surface area contributed by atoms with Gasteiger partial charge in [-0.2, -0.15) is 0 Å². The average Bonchev–Trinajstić information content (AvgIpc) is 2.48. The second-order valence-corrected chi connectivity index (χ2v) is 7.00. The topological polar surface area (TPSA) is 24.5 Å². The van der Waals surface area contributed by atoms with Crippen LogP contribution in [0.2, 0.25) is 0 Å². The molecule has 0 amide bonds. The van der Waals surface area contributed by atoms with Crippen LogP contribution in [0.15, 0.2) is 0 Å². The summed E-state index contributed by atoms with van der Waals surface area (Å²) in [7, 11) is 0. The van der Waals surface area contributed by atoms with Gasteiger partial charge in [-0.15, -0.1) is 0 Å². The van der Waals surface area contributed by atoms with Crippen LogP contribution in [0.5, 0.6) is 0 Å². The Hall–Kier alpha value is -0.120. The number of hydrogen-bond donors (Lipinski definition) is 1. The zero-order chi connectivity index (χ0) is 14.2. The molecule has 1 saturated carbocycles. The third-order valence-electron chi connectivity index (χ3n) is 4.95. The Morgan fingerprint density at radius 3 is 2.70 bits per heavy atom. The lowest BCUT2D eigenvalue weighted by molar-refractivity contribution is 0.0464. The molecule has 3 nitrogen and oxygen atoms in total. The molecule has 2 rings (SSSR count). The van der Waals surface area contributed by atoms with E-state index in [0.29, 0.717) is 0 Å². The first-order valence-corrected chi connectivity index (χ1v) is 8.80. The molecule has 0 bridgehead atoms. The number of rotatable bonds is 7. The molecule has 118 valence electrons. The molecule has 2 fully saturated rings. The molecule has 3 heteroatoms. The molecule has 1 N–H and O–H groups in total. The van der Waals surface area contributed by atoms with Gasteiger partial charge in [0.05, 0.1) is 6.61 Å². The monoisotopic (exact) mass is 282 g/mol. The minimum Gasteiger partial charge on any atom is -0.380 e. The fourth-order valence-electron chi connectivity index (χ4n) is 3.63. The first-order valence-electron chi connectivity index (χ1n) is 8.80. The Kier molecular flexibility index (Phi) is 7.32. The Morgan fingerprint density at radius 1 is 1.15 bits per heavy atom. The summed E-state index contributed by atoms with van der Waals surface area (Å²) in [6.07, 6.45) is 8.41. The fraction of sp³-hybridized carbons (Fsp3) is 1.00. The third kappa shape index (κ3) is 5.34. The van der Waals surface area contributed by atoms with Crippen LogP contribution in [-0.4, -0.2) is 50.3 Å². The number of nitrogens with zero attached hydrogens (tertiary/aromatic N) is 1. The van der Waals surface area contributed by atoms with E-state index < -0.39 is 0 Å². The molecule has 1 aliphatic heterocycles. The minimum atomic E-state index is 0.754. The summed E-state index contributed by atoms with van der Waals surface area (Å²) in [4.78, 5) is 2.70. The van der Waals surface area contributed by atoms with Crippen LogP contribution in [0.3, 0.4) is 0 Å². The van der Waals surface area contributed by atoms with Gasteiger partial charge >= 0.3 is 0 Å². The molecule has 20 heavy (non-hydrogen) atoms. The summed E-state index contributed by atoms with van der Waals surface area (Å²) >= 11 is 0. The van der Waals surface area contributed by atoms with Crippen molar-refractivity contribution in [1.82, 2.24) is 10.2 Å². The van der Waals surface area contributed by atoms with Gasteiger partial charge < -0.3 is 10.1 Å². The lowest BCUT2D eigenvalue weighted by Crippen LogP contribution is -2.55. The van der Waals surface area contributed by atoms with Gasteiger partial charge in [0.25, 0.3) is 0 Å². The molecule has 1 unspecified atom stereocenters. The van der Waals surface area contributed by atoms with Gasteiger partial charge in [-0.25, -0.2) is 0 Å². The molecule has 1 saturated heterocycles. The van der Waals surface area contributed by atoms with E-state index in [-0.39, 0.29) is 0 Å². The number of hydrogen-bond acceptors (Lipinski definition) is 3. The fourth-order valence-corrected chi connectivity index (χ4v) is 3.63. The van der Waals surface area contributed by atoms with Crippen molar-refractivity contribution in [2.45, 2.75) is 58.4 Å². The maximum Gasteiger partial charge on any atom is 0.0593 e. The molecule has 2 aliphatic rings. The lowest BCUT2D eigenvalue weighted by atomic mass is 9.82. The summed E-state index contributed by atoms with van der Waals surface area (Å²) < 4.78 is 5.82. The highest BCUT2D eigenvalue weighted by atomic mass is 16.5. The van der Waals surface area contributed by atoms with E-state index in [1.54, 1.807) is 0 Å². The molecule has 0 spiro atoms. The number of piperazine rings is 1. The van der Waals surface area contributed by atoms with Crippen LogP contribution < -0.4 is 5.32 Å². The Bertz CT molecular complexity index is 251. The number of nitrogens with one attached hydrogen (secondary N) is 1. The molecular weight excluding hydrogens is 248 g/mol. The zero-order valence-corrected chi connectivity index (χ0v) is 13.6. The van der Waals surface area contributed by atoms with Crippen molar-refractivity contribution in [2.24, 2.45) is 11.8 Å². The molecule has 1 heterocycles. The summed E-state index contributed by atoms with van der Waals surface area (Å²) in [6, 6.07) is 0.762. The Morgan fingerprint density at radius 2 is 1.95 bits per heavy atom. The highest BCUT2D eigenvalue weighted by molar-refractivity contribution is 4.86. The first-order chi connectivity index (χ1) is 9.77. The van der Waals surface area contributed by atoms with Gasteiger partial charge in [-0.3, -0.25) is 4.90 Å². The van der Waals surface area contributed by atoms with Crippen molar-refractivity contribution >= 4 is 0 Å². The van der Waals surface area contributed by atoms with Crippen molar-refractivity contribution in [3.8, 4) is 0 Å². The van der Waals surface area contributed by atoms with Gasteiger partial charge in [-0.05, 0) is 31.1 Å².